The zero-order valence-electron chi connectivity index (χ0n) is 17.9. The molecular weight excluding hydrogens is 432 g/mol. The molecule has 0 spiro atoms. The number of aliphatic imine (C=N–C) groups is 1. The molecule has 1 aliphatic heterocycles. The van der Waals surface area contributed by atoms with Gasteiger partial charge < -0.3 is 15.2 Å². The minimum atomic E-state index is -1.01. The number of amidine groups is 1. The molecule has 0 saturated carbocycles. The first-order chi connectivity index (χ1) is 15.6. The first-order valence-electron chi connectivity index (χ1n) is 9.54. The van der Waals surface area contributed by atoms with Gasteiger partial charge in [0, 0.05) is 13.8 Å². The maximum absolute atomic E-state index is 13.0. The highest BCUT2D eigenvalue weighted by molar-refractivity contribution is 6.68. The second-order valence-electron chi connectivity index (χ2n) is 6.79. The van der Waals surface area contributed by atoms with Crippen LogP contribution in [-0.2, 0) is 14.4 Å². The van der Waals surface area contributed by atoms with Crippen molar-refractivity contribution < 1.29 is 38.0 Å². The number of carbonyl (C=O) groups excluding carboxylic acids is 5. The van der Waals surface area contributed by atoms with Crippen LogP contribution in [0, 0.1) is 0 Å². The summed E-state index contributed by atoms with van der Waals surface area (Å²) < 4.78 is 11.1. The van der Waals surface area contributed by atoms with Crippen LogP contribution in [0.2, 0.25) is 0 Å². The maximum Gasteiger partial charge on any atom is 0.451 e. The molecule has 0 aliphatic carbocycles. The number of carbonyl (C=O) groups is 5. The van der Waals surface area contributed by atoms with E-state index in [1.807, 2.05) is 0 Å². The second kappa shape index (κ2) is 9.22. The number of para-hydroxylation sites is 2. The largest absolute Gasteiger partial charge is 0.451 e. The van der Waals surface area contributed by atoms with Crippen molar-refractivity contribution in [1.82, 2.24) is 4.90 Å². The number of hydrogen-bond acceptors (Lipinski definition) is 8. The van der Waals surface area contributed by atoms with Crippen molar-refractivity contribution in [1.29, 1.82) is 0 Å². The van der Waals surface area contributed by atoms with E-state index >= 15 is 0 Å². The highest BCUT2D eigenvalue weighted by Gasteiger charge is 2.42. The van der Waals surface area contributed by atoms with Crippen molar-refractivity contribution in [2.45, 2.75) is 13.8 Å². The average molecular weight is 451 g/mol. The zero-order chi connectivity index (χ0) is 24.3. The molecule has 3 rings (SSSR count). The third-order valence-electron chi connectivity index (χ3n) is 4.41. The topological polar surface area (TPSA) is 148 Å². The van der Waals surface area contributed by atoms with Gasteiger partial charge in [0.1, 0.15) is 5.69 Å². The molecule has 33 heavy (non-hydrogen) atoms. The number of hydrogen-bond donors (Lipinski definition) is 1. The van der Waals surface area contributed by atoms with Gasteiger partial charge in [0.05, 0.1) is 12.6 Å². The number of urea groups is 1. The predicted octanol–water partition coefficient (Wildman–Crippen LogP) is 1.41. The van der Waals surface area contributed by atoms with E-state index in [2.05, 4.69) is 4.99 Å². The van der Waals surface area contributed by atoms with Crippen LogP contribution >= 0.6 is 0 Å². The highest BCUT2D eigenvalue weighted by Crippen LogP contribution is 2.32. The van der Waals surface area contributed by atoms with Gasteiger partial charge in [0.2, 0.25) is 5.71 Å². The van der Waals surface area contributed by atoms with Crippen LogP contribution in [0.15, 0.2) is 53.5 Å². The summed E-state index contributed by atoms with van der Waals surface area (Å²) in [4.78, 5) is 65.9. The Morgan fingerprint density at radius 2 is 1.58 bits per heavy atom. The molecule has 168 valence electrons. The molecule has 2 aromatic carbocycles. The Morgan fingerprint density at radius 3 is 2.18 bits per heavy atom. The first-order valence-corrected chi connectivity index (χ1v) is 9.54. The van der Waals surface area contributed by atoms with Crippen molar-refractivity contribution in [3.63, 3.8) is 0 Å². The fraction of sp³-hybridized carbons (Fsp3) is 0.136. The van der Waals surface area contributed by atoms with Gasteiger partial charge in [-0.1, -0.05) is 24.3 Å². The Labute approximate surface area is 187 Å². The number of rotatable bonds is 4. The third kappa shape index (κ3) is 4.66. The zero-order valence-corrected chi connectivity index (χ0v) is 17.9. The molecule has 1 heterocycles. The summed E-state index contributed by atoms with van der Waals surface area (Å²) in [5, 5.41) is 0. The summed E-state index contributed by atoms with van der Waals surface area (Å²) in [6.45, 7) is 2.23. The van der Waals surface area contributed by atoms with Crippen molar-refractivity contribution in [2.75, 3.05) is 7.05 Å². The lowest BCUT2D eigenvalue weighted by atomic mass is 10.1. The number of esters is 2. The van der Waals surface area contributed by atoms with E-state index in [0.29, 0.717) is 5.69 Å². The van der Waals surface area contributed by atoms with Crippen LogP contribution in [0.25, 0.3) is 0 Å². The van der Waals surface area contributed by atoms with Gasteiger partial charge in [-0.05, 0) is 24.3 Å². The predicted molar refractivity (Wildman–Crippen MR) is 115 cm³/mol. The van der Waals surface area contributed by atoms with Crippen molar-refractivity contribution in [2.24, 2.45) is 10.7 Å². The summed E-state index contributed by atoms with van der Waals surface area (Å²) in [5.41, 5.74) is 5.68. The first kappa shape index (κ1) is 23.0. The van der Waals surface area contributed by atoms with Crippen molar-refractivity contribution >= 4 is 47.0 Å². The molecule has 4 amide bonds. The van der Waals surface area contributed by atoms with Gasteiger partial charge in [-0.2, -0.15) is 14.5 Å². The molecule has 2 aromatic rings. The van der Waals surface area contributed by atoms with E-state index in [9.17, 15) is 24.0 Å². The lowest BCUT2D eigenvalue weighted by molar-refractivity contribution is -0.342. The molecule has 2 N–H and O–H groups in total. The Morgan fingerprint density at radius 1 is 0.939 bits per heavy atom. The molecule has 0 bridgehead atoms. The van der Waals surface area contributed by atoms with E-state index in [1.54, 1.807) is 30.3 Å². The van der Waals surface area contributed by atoms with Gasteiger partial charge in [-0.3, -0.25) is 14.4 Å². The number of imide groups is 1. The minimum absolute atomic E-state index is 0.186. The van der Waals surface area contributed by atoms with E-state index in [0.717, 1.165) is 23.3 Å². The van der Waals surface area contributed by atoms with E-state index in [4.69, 9.17) is 15.2 Å². The smallest absolute Gasteiger partial charge is 0.423 e. The summed E-state index contributed by atoms with van der Waals surface area (Å²) >= 11 is 0. The summed E-state index contributed by atoms with van der Waals surface area (Å²) in [6.07, 6.45) is 0. The SMILES string of the molecule is CC(=O)Oc1cccc(C(=O)N=C2C(=O)N(C)C(=O)[N+](c3ccccc3)=C2N)c1OC(C)=O. The van der Waals surface area contributed by atoms with Crippen molar-refractivity contribution in [3.05, 3.63) is 54.1 Å². The Hall–Kier alpha value is -4.67. The summed E-state index contributed by atoms with van der Waals surface area (Å²) in [7, 11) is 1.22. The van der Waals surface area contributed by atoms with Crippen LogP contribution < -0.4 is 15.2 Å². The molecule has 0 aromatic heterocycles. The quantitative estimate of drug-likeness (QED) is 0.417. The molecule has 0 radical (unpaired) electrons. The van der Waals surface area contributed by atoms with Crippen molar-refractivity contribution in [3.8, 4) is 11.5 Å². The Balaban J connectivity index is 2.15. The summed E-state index contributed by atoms with van der Waals surface area (Å²) in [6, 6.07) is 11.5. The van der Waals surface area contributed by atoms with Crippen LogP contribution in [0.4, 0.5) is 10.5 Å². The van der Waals surface area contributed by atoms with E-state index in [-0.39, 0.29) is 22.9 Å². The molecule has 0 unspecified atom stereocenters. The standard InChI is InChI=1S/C22H18N4O7/c1-12(27)32-16-11-7-10-15(18(16)33-13(2)28)20(29)24-17-19(23)26(14-8-5-4-6-9-14)22(31)25(3)21(17)30/h4-11,23H,1-3H3/p+1. The highest BCUT2D eigenvalue weighted by atomic mass is 16.6. The van der Waals surface area contributed by atoms with E-state index in [1.165, 1.54) is 25.2 Å². The van der Waals surface area contributed by atoms with Crippen LogP contribution in [0.3, 0.4) is 0 Å². The fourth-order valence-electron chi connectivity index (χ4n) is 2.98. The molecule has 0 fully saturated rings. The number of nitrogens with zero attached hydrogens (tertiary/aromatic N) is 3. The van der Waals surface area contributed by atoms with Crippen LogP contribution in [0.1, 0.15) is 24.2 Å². The molecule has 11 nitrogen and oxygen atoms in total. The van der Waals surface area contributed by atoms with Gasteiger partial charge in [-0.25, -0.2) is 9.59 Å². The lowest BCUT2D eigenvalue weighted by Gasteiger charge is -2.20. The van der Waals surface area contributed by atoms with Gasteiger partial charge in [0.15, 0.2) is 11.5 Å². The maximum atomic E-state index is 13.0. The average Bonchev–Trinajstić information content (AvgIpc) is 2.76. The Kier molecular flexibility index (Phi) is 6.43. The van der Waals surface area contributed by atoms with Gasteiger partial charge in [-0.15, -0.1) is 0 Å². The molecule has 1 aliphatic rings. The van der Waals surface area contributed by atoms with Crippen LogP contribution in [-0.4, -0.2) is 57.9 Å². The third-order valence-corrected chi connectivity index (χ3v) is 4.41. The fourth-order valence-corrected chi connectivity index (χ4v) is 2.98. The molecule has 0 saturated heterocycles. The lowest BCUT2D eigenvalue weighted by Crippen LogP contribution is -2.55. The normalized spacial score (nSPS) is 15.0. The molecular formula is C22H19N4O7+. The van der Waals surface area contributed by atoms with E-state index < -0.39 is 35.5 Å². The van der Waals surface area contributed by atoms with Gasteiger partial charge >= 0.3 is 23.9 Å². The number of benzene rings is 2. The second-order valence-corrected chi connectivity index (χ2v) is 6.79. The number of amides is 4. The molecule has 0 atom stereocenters. The number of ether oxygens (including phenoxy) is 2. The van der Waals surface area contributed by atoms with Crippen LogP contribution in [0.5, 0.6) is 11.5 Å². The molecule has 11 heteroatoms. The Bertz CT molecular complexity index is 1250. The van der Waals surface area contributed by atoms with Gasteiger partial charge in [0.25, 0.3) is 11.7 Å². The minimum Gasteiger partial charge on any atom is -0.423 e. The monoisotopic (exact) mass is 451 g/mol. The summed E-state index contributed by atoms with van der Waals surface area (Å²) in [5.74, 6) is -4.29. The number of nitrogens with two attached hydrogens (primary N) is 1.